The average Bonchev–Trinajstić information content (AvgIpc) is 3.50. The summed E-state index contributed by atoms with van der Waals surface area (Å²) in [6, 6.07) is 4.41. The number of nitrogens with one attached hydrogen (secondary N) is 1. The molecule has 2 N–H and O–H groups in total. The van der Waals surface area contributed by atoms with Gasteiger partial charge in [-0.05, 0) is 6.07 Å². The number of hydrogen-bond acceptors (Lipinski definition) is 10. The smallest absolute Gasteiger partial charge is 0.309 e. The van der Waals surface area contributed by atoms with E-state index in [-0.39, 0.29) is 17.3 Å². The number of rotatable bonds is 5. The van der Waals surface area contributed by atoms with Crippen molar-refractivity contribution < 1.29 is 23.2 Å². The van der Waals surface area contributed by atoms with Crippen molar-refractivity contribution in [2.75, 3.05) is 18.9 Å². The molecule has 14 heteroatoms. The lowest BCUT2D eigenvalue weighted by atomic mass is 9.95. The fourth-order valence-corrected chi connectivity index (χ4v) is 3.54. The van der Waals surface area contributed by atoms with Gasteiger partial charge in [0.2, 0.25) is 5.95 Å². The van der Waals surface area contributed by atoms with Crippen molar-refractivity contribution in [1.29, 1.82) is 0 Å². The monoisotopic (exact) mass is 469 g/mol. The number of hydrogen-bond donors (Lipinski definition) is 2. The Hall–Kier alpha value is -4.33. The van der Waals surface area contributed by atoms with Crippen LogP contribution in [-0.2, 0) is 17.4 Å². The third kappa shape index (κ3) is 3.44. The summed E-state index contributed by atoms with van der Waals surface area (Å²) in [5.74, 6) is -4.80. The van der Waals surface area contributed by atoms with Crippen molar-refractivity contribution in [3.05, 3.63) is 48.7 Å². The van der Waals surface area contributed by atoms with Gasteiger partial charge in [-0.3, -0.25) is 14.5 Å². The Morgan fingerprint density at radius 2 is 1.88 bits per heavy atom. The van der Waals surface area contributed by atoms with Crippen LogP contribution in [0.2, 0.25) is 0 Å². The molecule has 1 unspecified atom stereocenters. The first kappa shape index (κ1) is 21.5. The molecule has 5 rings (SSSR count). The predicted octanol–water partition coefficient (Wildman–Crippen LogP) is 1.36. The van der Waals surface area contributed by atoms with Crippen LogP contribution in [0, 0.1) is 0 Å². The molecular weight excluding hydrogens is 452 g/mol. The number of carbonyl (C=O) groups excluding carboxylic acids is 1. The second kappa shape index (κ2) is 7.62. The third-order valence-corrected chi connectivity index (χ3v) is 5.26. The number of aromatic nitrogens is 7. The summed E-state index contributed by atoms with van der Waals surface area (Å²) < 4.78 is 35.4. The van der Waals surface area contributed by atoms with Gasteiger partial charge in [0, 0.05) is 38.6 Å². The van der Waals surface area contributed by atoms with E-state index in [1.165, 1.54) is 25.6 Å². The van der Waals surface area contributed by atoms with E-state index < -0.39 is 29.7 Å². The van der Waals surface area contributed by atoms with Crippen LogP contribution in [0.25, 0.3) is 22.8 Å². The Labute approximate surface area is 190 Å². The number of alkyl halides is 2. The van der Waals surface area contributed by atoms with Crippen molar-refractivity contribution in [3.63, 3.8) is 0 Å². The van der Waals surface area contributed by atoms with Gasteiger partial charge in [-0.2, -0.15) is 5.10 Å². The van der Waals surface area contributed by atoms with Crippen LogP contribution in [0.3, 0.4) is 0 Å². The Bertz CT molecular complexity index is 1390. The molecule has 0 aromatic carbocycles. The molecule has 0 spiro atoms. The highest BCUT2D eigenvalue weighted by Gasteiger charge is 2.68. The van der Waals surface area contributed by atoms with Gasteiger partial charge in [-0.15, -0.1) is 0 Å². The van der Waals surface area contributed by atoms with E-state index in [0.717, 1.165) is 11.0 Å². The SMILES string of the molecule is CN1CC(F)(F)C(O)(c2cc(-c3cncc(-c4ccnc(Nc5ccn(C)n5)n4)n3)no2)C1=O. The minimum atomic E-state index is -3.76. The van der Waals surface area contributed by atoms with Crippen LogP contribution >= 0.6 is 0 Å². The first-order valence-corrected chi connectivity index (χ1v) is 9.93. The zero-order valence-electron chi connectivity index (χ0n) is 17.8. The van der Waals surface area contributed by atoms with Crippen LogP contribution in [0.15, 0.2) is 47.5 Å². The number of halogens is 2. The lowest BCUT2D eigenvalue weighted by Gasteiger charge is -2.22. The fourth-order valence-electron chi connectivity index (χ4n) is 3.54. The quantitative estimate of drug-likeness (QED) is 0.439. The highest BCUT2D eigenvalue weighted by atomic mass is 19.3. The Morgan fingerprint density at radius 3 is 2.56 bits per heavy atom. The average molecular weight is 469 g/mol. The zero-order chi connectivity index (χ0) is 24.1. The molecule has 1 aliphatic rings. The molecule has 1 atom stereocenters. The van der Waals surface area contributed by atoms with Crippen LogP contribution in [0.1, 0.15) is 5.76 Å². The second-order valence-electron chi connectivity index (χ2n) is 7.71. The summed E-state index contributed by atoms with van der Waals surface area (Å²) in [6.45, 7) is -0.948. The summed E-state index contributed by atoms with van der Waals surface area (Å²) in [6.07, 6.45) is 6.07. The number of anilines is 2. The first-order valence-electron chi connectivity index (χ1n) is 9.93. The van der Waals surface area contributed by atoms with Gasteiger partial charge in [0.25, 0.3) is 11.5 Å². The summed E-state index contributed by atoms with van der Waals surface area (Å²) >= 11 is 0. The minimum Gasteiger partial charge on any atom is -0.368 e. The van der Waals surface area contributed by atoms with Crippen LogP contribution in [0.4, 0.5) is 20.5 Å². The molecule has 34 heavy (non-hydrogen) atoms. The van der Waals surface area contributed by atoms with Crippen LogP contribution in [-0.4, -0.2) is 70.3 Å². The molecule has 174 valence electrons. The standard InChI is InChI=1S/C20H17F2N9O3/c1-30-10-19(21,22)20(33,17(30)32)15-7-12(29-34-15)14-9-23-8-13(25-14)11-3-5-24-18(26-11)27-16-4-6-31(2)28-16/h3-9,33H,10H2,1-2H3,(H,24,26,27,28). The summed E-state index contributed by atoms with van der Waals surface area (Å²) in [5, 5.41) is 21.4. The normalized spacial score (nSPS) is 19.6. The summed E-state index contributed by atoms with van der Waals surface area (Å²) in [5.41, 5.74) is -2.22. The van der Waals surface area contributed by atoms with Gasteiger partial charge in [-0.25, -0.2) is 23.7 Å². The van der Waals surface area contributed by atoms with E-state index >= 15 is 0 Å². The molecule has 4 aromatic heterocycles. The van der Waals surface area contributed by atoms with E-state index in [4.69, 9.17) is 4.52 Å². The van der Waals surface area contributed by atoms with Crippen molar-refractivity contribution in [3.8, 4) is 22.8 Å². The number of aryl methyl sites for hydroxylation is 1. The maximum Gasteiger partial charge on any atom is 0.309 e. The number of aliphatic hydroxyl groups is 1. The summed E-state index contributed by atoms with van der Waals surface area (Å²) in [7, 11) is 2.94. The molecule has 4 aromatic rings. The van der Waals surface area contributed by atoms with Gasteiger partial charge >= 0.3 is 5.92 Å². The van der Waals surface area contributed by atoms with E-state index in [1.54, 1.807) is 30.1 Å². The lowest BCUT2D eigenvalue weighted by Crippen LogP contribution is -2.46. The van der Waals surface area contributed by atoms with E-state index in [9.17, 15) is 18.7 Å². The maximum atomic E-state index is 14.4. The van der Waals surface area contributed by atoms with Crippen LogP contribution < -0.4 is 5.32 Å². The number of carbonyl (C=O) groups is 1. The Morgan fingerprint density at radius 1 is 1.12 bits per heavy atom. The molecule has 0 bridgehead atoms. The molecular formula is C20H17F2N9O3. The Balaban J connectivity index is 1.44. The van der Waals surface area contributed by atoms with Crippen molar-refractivity contribution in [1.82, 2.24) is 39.8 Å². The van der Waals surface area contributed by atoms with Crippen molar-refractivity contribution in [2.45, 2.75) is 11.5 Å². The molecule has 5 heterocycles. The van der Waals surface area contributed by atoms with E-state index in [1.807, 2.05) is 0 Å². The van der Waals surface area contributed by atoms with Crippen LogP contribution in [0.5, 0.6) is 0 Å². The zero-order valence-corrected chi connectivity index (χ0v) is 17.8. The maximum absolute atomic E-state index is 14.4. The van der Waals surface area contributed by atoms with Crippen molar-refractivity contribution >= 4 is 17.7 Å². The second-order valence-corrected chi connectivity index (χ2v) is 7.71. The highest BCUT2D eigenvalue weighted by molar-refractivity contribution is 5.89. The minimum absolute atomic E-state index is 0.0109. The van der Waals surface area contributed by atoms with Gasteiger partial charge in [0.15, 0.2) is 11.6 Å². The fraction of sp³-hybridized carbons (Fsp3) is 0.250. The molecule has 0 radical (unpaired) electrons. The molecule has 0 aliphatic carbocycles. The molecule has 1 saturated heterocycles. The number of likely N-dealkylation sites (N-methyl/N-ethyl adjacent to an activating group) is 1. The van der Waals surface area contributed by atoms with Gasteiger partial charge in [-0.1, -0.05) is 5.16 Å². The van der Waals surface area contributed by atoms with E-state index in [0.29, 0.717) is 17.2 Å². The van der Waals surface area contributed by atoms with Gasteiger partial charge in [0.05, 0.1) is 24.6 Å². The first-order chi connectivity index (χ1) is 16.2. The topological polar surface area (TPSA) is 148 Å². The van der Waals surface area contributed by atoms with E-state index in [2.05, 4.69) is 35.5 Å². The predicted molar refractivity (Wildman–Crippen MR) is 112 cm³/mol. The summed E-state index contributed by atoms with van der Waals surface area (Å²) in [4.78, 5) is 30.0. The largest absolute Gasteiger partial charge is 0.368 e. The third-order valence-electron chi connectivity index (χ3n) is 5.26. The molecule has 12 nitrogen and oxygen atoms in total. The number of nitrogens with zero attached hydrogens (tertiary/aromatic N) is 8. The molecule has 1 amide bonds. The molecule has 1 aliphatic heterocycles. The highest BCUT2D eigenvalue weighted by Crippen LogP contribution is 2.45. The number of likely N-dealkylation sites (tertiary alicyclic amines) is 1. The molecule has 1 fully saturated rings. The van der Waals surface area contributed by atoms with Crippen molar-refractivity contribution in [2.24, 2.45) is 7.05 Å². The lowest BCUT2D eigenvalue weighted by molar-refractivity contribution is -0.179. The van der Waals surface area contributed by atoms with Gasteiger partial charge < -0.3 is 19.8 Å². The number of amides is 1. The van der Waals surface area contributed by atoms with Gasteiger partial charge in [0.1, 0.15) is 17.1 Å². The Kier molecular flexibility index (Phi) is 4.82. The molecule has 0 saturated carbocycles.